The Labute approximate surface area is 101 Å². The van der Waals surface area contributed by atoms with Gasteiger partial charge in [-0.25, -0.2) is 0 Å². The zero-order valence-corrected chi connectivity index (χ0v) is 10.4. The van der Waals surface area contributed by atoms with E-state index in [9.17, 15) is 4.57 Å². The Morgan fingerprint density at radius 2 is 1.94 bits per heavy atom. The van der Waals surface area contributed by atoms with Crippen LogP contribution in [0.3, 0.4) is 0 Å². The Kier molecular flexibility index (Phi) is 3.85. The van der Waals surface area contributed by atoms with Crippen LogP contribution in [0.5, 0.6) is 0 Å². The monoisotopic (exact) mass is 249 g/mol. The third kappa shape index (κ3) is 2.89. The molecule has 2 aromatic rings. The summed E-state index contributed by atoms with van der Waals surface area (Å²) in [5.41, 5.74) is 0.979. The third-order valence-electron chi connectivity index (χ3n) is 2.53. The standard InChI is InChI=1S/C13H14O3P/c1-10(14)17(15)16-9-12-7-4-6-11-5-2-3-8-13(11)12/h2-8,10,14H,9H2,1H3/q+1. The second-order valence-corrected chi connectivity index (χ2v) is 5.41. The van der Waals surface area contributed by atoms with Crippen LogP contribution in [-0.4, -0.2) is 11.0 Å². The fraction of sp³-hybridized carbons (Fsp3) is 0.231. The molecule has 0 aliphatic rings. The highest BCUT2D eigenvalue weighted by Gasteiger charge is 2.25. The maximum atomic E-state index is 11.3. The summed E-state index contributed by atoms with van der Waals surface area (Å²) in [7, 11) is -2.01. The van der Waals surface area contributed by atoms with Crippen molar-refractivity contribution >= 4 is 18.8 Å². The summed E-state index contributed by atoms with van der Waals surface area (Å²) in [5, 5.41) is 11.3. The average molecular weight is 249 g/mol. The first-order valence-electron chi connectivity index (χ1n) is 5.42. The van der Waals surface area contributed by atoms with Crippen LogP contribution in [0.25, 0.3) is 10.8 Å². The lowest BCUT2D eigenvalue weighted by molar-refractivity contribution is 0.228. The molecule has 0 aliphatic carbocycles. The van der Waals surface area contributed by atoms with Gasteiger partial charge in [0, 0.05) is 6.92 Å². The van der Waals surface area contributed by atoms with Gasteiger partial charge in [0.1, 0.15) is 6.61 Å². The van der Waals surface area contributed by atoms with E-state index in [1.165, 1.54) is 6.92 Å². The minimum Gasteiger partial charge on any atom is -0.349 e. The van der Waals surface area contributed by atoms with Crippen LogP contribution in [0.4, 0.5) is 0 Å². The predicted molar refractivity (Wildman–Crippen MR) is 68.0 cm³/mol. The first-order valence-corrected chi connectivity index (χ1v) is 6.67. The van der Waals surface area contributed by atoms with E-state index in [-0.39, 0.29) is 6.61 Å². The molecule has 88 valence electrons. The van der Waals surface area contributed by atoms with Gasteiger partial charge in [-0.3, -0.25) is 0 Å². The first kappa shape index (κ1) is 12.2. The molecule has 0 amide bonds. The highest BCUT2D eigenvalue weighted by atomic mass is 31.1. The fourth-order valence-electron chi connectivity index (χ4n) is 1.66. The van der Waals surface area contributed by atoms with E-state index >= 15 is 0 Å². The number of rotatable bonds is 4. The van der Waals surface area contributed by atoms with E-state index in [2.05, 4.69) is 0 Å². The lowest BCUT2D eigenvalue weighted by Crippen LogP contribution is -1.95. The summed E-state index contributed by atoms with van der Waals surface area (Å²) in [6, 6.07) is 13.9. The fourth-order valence-corrected chi connectivity index (χ4v) is 2.14. The number of hydrogen-bond donors (Lipinski definition) is 1. The molecule has 2 unspecified atom stereocenters. The highest BCUT2D eigenvalue weighted by Crippen LogP contribution is 2.30. The molecule has 2 aromatic carbocycles. The molecule has 2 atom stereocenters. The zero-order valence-electron chi connectivity index (χ0n) is 9.54. The Morgan fingerprint density at radius 3 is 2.71 bits per heavy atom. The number of hydrogen-bond acceptors (Lipinski definition) is 3. The molecular formula is C13H14O3P+. The van der Waals surface area contributed by atoms with Crippen molar-refractivity contribution in [1.29, 1.82) is 0 Å². The molecule has 0 aromatic heterocycles. The minimum absolute atomic E-state index is 0.251. The van der Waals surface area contributed by atoms with E-state index in [4.69, 9.17) is 9.63 Å². The average Bonchev–Trinajstić information content (AvgIpc) is 2.35. The number of aliphatic hydroxyl groups is 1. The lowest BCUT2D eigenvalue weighted by atomic mass is 10.1. The summed E-state index contributed by atoms with van der Waals surface area (Å²) in [6.45, 7) is 1.71. The van der Waals surface area contributed by atoms with Crippen molar-refractivity contribution in [3.8, 4) is 0 Å². The quantitative estimate of drug-likeness (QED) is 0.844. The molecule has 1 N–H and O–H groups in total. The van der Waals surface area contributed by atoms with Crippen LogP contribution >= 0.6 is 8.03 Å². The van der Waals surface area contributed by atoms with E-state index in [1.54, 1.807) is 0 Å². The van der Waals surface area contributed by atoms with Crippen LogP contribution < -0.4 is 0 Å². The van der Waals surface area contributed by atoms with Gasteiger partial charge in [-0.05, 0) is 20.9 Å². The van der Waals surface area contributed by atoms with Gasteiger partial charge in [0.15, 0.2) is 0 Å². The second kappa shape index (κ2) is 5.37. The number of fused-ring (bicyclic) bond motifs is 1. The van der Waals surface area contributed by atoms with Gasteiger partial charge in [-0.2, -0.15) is 0 Å². The molecule has 0 spiro atoms. The molecule has 0 bridgehead atoms. The first-order chi connectivity index (χ1) is 8.18. The molecular weight excluding hydrogens is 235 g/mol. The predicted octanol–water partition coefficient (Wildman–Crippen LogP) is 3.44. The largest absolute Gasteiger partial charge is 0.540 e. The van der Waals surface area contributed by atoms with E-state index in [0.29, 0.717) is 0 Å². The van der Waals surface area contributed by atoms with Crippen molar-refractivity contribution in [2.24, 2.45) is 0 Å². The summed E-state index contributed by atoms with van der Waals surface area (Å²) in [4.78, 5) is 0. The van der Waals surface area contributed by atoms with Crippen LogP contribution in [-0.2, 0) is 15.7 Å². The summed E-state index contributed by atoms with van der Waals surface area (Å²) in [5.74, 6) is -0.931. The van der Waals surface area contributed by atoms with Gasteiger partial charge in [-0.1, -0.05) is 42.5 Å². The van der Waals surface area contributed by atoms with Crippen LogP contribution in [0.1, 0.15) is 12.5 Å². The third-order valence-corrected chi connectivity index (χ3v) is 3.53. The summed E-state index contributed by atoms with van der Waals surface area (Å²) in [6.07, 6.45) is 0. The van der Waals surface area contributed by atoms with Crippen molar-refractivity contribution in [3.63, 3.8) is 0 Å². The lowest BCUT2D eigenvalue weighted by Gasteiger charge is -2.03. The van der Waals surface area contributed by atoms with Crippen molar-refractivity contribution in [1.82, 2.24) is 0 Å². The Bertz CT molecular complexity index is 532. The molecule has 0 fully saturated rings. The maximum absolute atomic E-state index is 11.3. The van der Waals surface area contributed by atoms with E-state index in [0.717, 1.165) is 16.3 Å². The van der Waals surface area contributed by atoms with Crippen molar-refractivity contribution in [2.45, 2.75) is 19.4 Å². The maximum Gasteiger partial charge on any atom is 0.540 e. The normalized spacial score (nSPS) is 13.6. The van der Waals surface area contributed by atoms with Crippen LogP contribution in [0.2, 0.25) is 0 Å². The summed E-state index contributed by atoms with van der Waals surface area (Å²) >= 11 is 0. The Morgan fingerprint density at radius 1 is 1.24 bits per heavy atom. The summed E-state index contributed by atoms with van der Waals surface area (Å²) < 4.78 is 16.5. The van der Waals surface area contributed by atoms with Gasteiger partial charge in [0.2, 0.25) is 0 Å². The molecule has 4 heteroatoms. The molecule has 0 aliphatic heterocycles. The van der Waals surface area contributed by atoms with Crippen LogP contribution in [0, 0.1) is 0 Å². The molecule has 17 heavy (non-hydrogen) atoms. The minimum atomic E-state index is -2.01. The van der Waals surface area contributed by atoms with Crippen molar-refractivity contribution in [2.75, 3.05) is 0 Å². The van der Waals surface area contributed by atoms with Crippen molar-refractivity contribution < 1.29 is 14.2 Å². The Balaban J connectivity index is 2.21. The van der Waals surface area contributed by atoms with Gasteiger partial charge < -0.3 is 5.11 Å². The van der Waals surface area contributed by atoms with Gasteiger partial charge in [0.05, 0.1) is 0 Å². The van der Waals surface area contributed by atoms with Crippen molar-refractivity contribution in [3.05, 3.63) is 48.0 Å². The van der Waals surface area contributed by atoms with E-state index in [1.807, 2.05) is 42.5 Å². The molecule has 3 nitrogen and oxygen atoms in total. The van der Waals surface area contributed by atoms with Gasteiger partial charge in [-0.15, -0.1) is 4.52 Å². The second-order valence-electron chi connectivity index (χ2n) is 3.83. The van der Waals surface area contributed by atoms with Crippen LogP contribution in [0.15, 0.2) is 42.5 Å². The van der Waals surface area contributed by atoms with E-state index < -0.39 is 13.9 Å². The molecule has 0 saturated heterocycles. The number of benzene rings is 2. The SMILES string of the molecule is CC(O)[P+](=O)OCc1cccc2ccccc12. The number of aliphatic hydroxyl groups excluding tert-OH is 1. The molecule has 0 radical (unpaired) electrons. The van der Waals surface area contributed by atoms with Gasteiger partial charge >= 0.3 is 8.03 Å². The topological polar surface area (TPSA) is 46.5 Å². The van der Waals surface area contributed by atoms with Gasteiger partial charge in [0.25, 0.3) is 5.85 Å². The Hall–Kier alpha value is -1.28. The highest BCUT2D eigenvalue weighted by molar-refractivity contribution is 7.39. The molecule has 0 saturated carbocycles. The molecule has 0 heterocycles. The smallest absolute Gasteiger partial charge is 0.349 e. The molecule has 2 rings (SSSR count). The zero-order chi connectivity index (χ0) is 12.3.